The number of phenols is 1. The maximum Gasteiger partial charge on any atom is 0.339 e. The van der Waals surface area contributed by atoms with Crippen LogP contribution in [0.5, 0.6) is 5.75 Å². The number of anilines is 1. The van der Waals surface area contributed by atoms with E-state index in [1.165, 1.54) is 12.3 Å². The van der Waals surface area contributed by atoms with Crippen LogP contribution in [0.1, 0.15) is 20.8 Å². The summed E-state index contributed by atoms with van der Waals surface area (Å²) in [4.78, 5) is 37.8. The zero-order valence-corrected chi connectivity index (χ0v) is 9.43. The Kier molecular flexibility index (Phi) is 3.06. The normalized spacial score (nSPS) is 10.1. The predicted molar refractivity (Wildman–Crippen MR) is 64.4 cm³/mol. The van der Waals surface area contributed by atoms with Crippen molar-refractivity contribution < 1.29 is 19.8 Å². The fraction of sp³-hybridized carbons (Fsp3) is 0. The Bertz CT molecular complexity index is 700. The first-order valence-electron chi connectivity index (χ1n) is 5.12. The summed E-state index contributed by atoms with van der Waals surface area (Å²) in [5.41, 5.74) is -0.667. The van der Waals surface area contributed by atoms with Crippen LogP contribution in [0.25, 0.3) is 0 Å². The number of nitrogens with one attached hydrogen (secondary N) is 3. The van der Waals surface area contributed by atoms with E-state index in [-0.39, 0.29) is 16.9 Å². The van der Waals surface area contributed by atoms with Crippen LogP contribution in [0, 0.1) is 0 Å². The number of H-pyrrole nitrogens is 2. The van der Waals surface area contributed by atoms with Crippen molar-refractivity contribution in [3.8, 4) is 5.75 Å². The smallest absolute Gasteiger partial charge is 0.339 e. The van der Waals surface area contributed by atoms with Gasteiger partial charge in [-0.3, -0.25) is 4.79 Å². The maximum absolute atomic E-state index is 11.7. The minimum atomic E-state index is -1.32. The molecule has 0 bridgehead atoms. The lowest BCUT2D eigenvalue weighted by molar-refractivity contribution is 0.0693. The molecular weight excluding hydrogens is 254 g/mol. The third-order valence-corrected chi connectivity index (χ3v) is 2.33. The van der Waals surface area contributed by atoms with Crippen LogP contribution < -0.4 is 11.0 Å². The van der Waals surface area contributed by atoms with Gasteiger partial charge in [0.05, 0.1) is 0 Å². The first kappa shape index (κ1) is 12.4. The number of aromatic hydroxyl groups is 1. The Balaban J connectivity index is 2.24. The van der Waals surface area contributed by atoms with Crippen molar-refractivity contribution in [3.63, 3.8) is 0 Å². The lowest BCUT2D eigenvalue weighted by Gasteiger charge is -2.05. The number of carbonyl (C=O) groups is 2. The van der Waals surface area contributed by atoms with Gasteiger partial charge in [-0.2, -0.15) is 0 Å². The summed E-state index contributed by atoms with van der Waals surface area (Å²) in [5.74, 6) is -2.33. The molecule has 1 aromatic carbocycles. The van der Waals surface area contributed by atoms with Gasteiger partial charge >= 0.3 is 11.7 Å². The molecule has 0 saturated carbocycles. The number of amides is 1. The van der Waals surface area contributed by atoms with E-state index in [9.17, 15) is 19.5 Å². The molecule has 8 heteroatoms. The number of carboxylic acid groups (broad SMARTS) is 1. The lowest BCUT2D eigenvalue weighted by atomic mass is 10.2. The summed E-state index contributed by atoms with van der Waals surface area (Å²) < 4.78 is 0. The molecule has 2 aromatic rings. The Morgan fingerprint density at radius 3 is 2.58 bits per heavy atom. The highest BCUT2D eigenvalue weighted by Gasteiger charge is 2.13. The molecule has 0 saturated heterocycles. The van der Waals surface area contributed by atoms with Gasteiger partial charge in [-0.05, 0) is 18.2 Å². The largest absolute Gasteiger partial charge is 0.507 e. The number of imidazole rings is 1. The van der Waals surface area contributed by atoms with E-state index in [1.807, 2.05) is 0 Å². The monoisotopic (exact) mass is 263 g/mol. The first-order chi connectivity index (χ1) is 8.97. The van der Waals surface area contributed by atoms with E-state index >= 15 is 0 Å². The van der Waals surface area contributed by atoms with Crippen LogP contribution in [-0.4, -0.2) is 32.1 Å². The van der Waals surface area contributed by atoms with E-state index in [4.69, 9.17) is 5.11 Å². The standard InChI is InChI=1S/C11H9N3O5/c15-8-2-1-5(3-6(8)10(17)18)13-9(16)7-4-12-11(19)14-7/h1-4,15H,(H,13,16)(H,17,18)(H2,12,14,19). The Morgan fingerprint density at radius 1 is 1.26 bits per heavy atom. The topological polar surface area (TPSA) is 135 Å². The number of hydrogen-bond donors (Lipinski definition) is 5. The van der Waals surface area contributed by atoms with Crippen LogP contribution in [0.15, 0.2) is 29.2 Å². The van der Waals surface area contributed by atoms with Crippen LogP contribution in [-0.2, 0) is 0 Å². The van der Waals surface area contributed by atoms with Crippen molar-refractivity contribution in [2.75, 3.05) is 5.32 Å². The molecule has 98 valence electrons. The van der Waals surface area contributed by atoms with Crippen LogP contribution in [0.2, 0.25) is 0 Å². The van der Waals surface area contributed by atoms with Crippen LogP contribution in [0.3, 0.4) is 0 Å². The maximum atomic E-state index is 11.7. The van der Waals surface area contributed by atoms with Gasteiger partial charge in [0.2, 0.25) is 0 Å². The molecule has 0 aliphatic rings. The van der Waals surface area contributed by atoms with E-state index in [0.717, 1.165) is 12.1 Å². The van der Waals surface area contributed by atoms with Gasteiger partial charge < -0.3 is 25.5 Å². The lowest BCUT2D eigenvalue weighted by Crippen LogP contribution is -2.14. The third-order valence-electron chi connectivity index (χ3n) is 2.33. The van der Waals surface area contributed by atoms with E-state index in [2.05, 4.69) is 15.3 Å². The minimum Gasteiger partial charge on any atom is -0.507 e. The zero-order valence-electron chi connectivity index (χ0n) is 9.43. The van der Waals surface area contributed by atoms with Crippen molar-refractivity contribution in [1.82, 2.24) is 9.97 Å². The summed E-state index contributed by atoms with van der Waals surface area (Å²) in [6.07, 6.45) is 1.19. The SMILES string of the molecule is O=C(Nc1ccc(O)c(C(=O)O)c1)c1c[nH]c(=O)[nH]1. The molecule has 0 unspecified atom stereocenters. The predicted octanol–water partition coefficient (Wildman–Crippen LogP) is 0.359. The molecule has 0 spiro atoms. The quantitative estimate of drug-likeness (QED) is 0.509. The molecule has 5 N–H and O–H groups in total. The van der Waals surface area contributed by atoms with Gasteiger partial charge in [-0.1, -0.05) is 0 Å². The highest BCUT2D eigenvalue weighted by atomic mass is 16.4. The number of carbonyl (C=O) groups excluding carboxylic acids is 1. The number of benzene rings is 1. The number of aromatic carboxylic acids is 1. The van der Waals surface area contributed by atoms with Gasteiger partial charge in [0, 0.05) is 11.9 Å². The third kappa shape index (κ3) is 2.63. The molecule has 0 aliphatic heterocycles. The summed E-state index contributed by atoms with van der Waals surface area (Å²) in [6.45, 7) is 0. The van der Waals surface area contributed by atoms with E-state index in [0.29, 0.717) is 0 Å². The van der Waals surface area contributed by atoms with Gasteiger partial charge in [0.25, 0.3) is 5.91 Å². The molecule has 1 heterocycles. The Morgan fingerprint density at radius 2 is 2.00 bits per heavy atom. The summed E-state index contributed by atoms with van der Waals surface area (Å²) in [7, 11) is 0. The number of hydrogen-bond acceptors (Lipinski definition) is 4. The number of carboxylic acids is 1. The van der Waals surface area contributed by atoms with Gasteiger partial charge in [-0.15, -0.1) is 0 Å². The molecular formula is C11H9N3O5. The second kappa shape index (κ2) is 4.69. The molecule has 0 atom stereocenters. The minimum absolute atomic E-state index is 0.00921. The van der Waals surface area contributed by atoms with Crippen molar-refractivity contribution in [3.05, 3.63) is 46.1 Å². The molecule has 1 aromatic heterocycles. The molecule has 2 rings (SSSR count). The van der Waals surface area contributed by atoms with E-state index < -0.39 is 23.3 Å². The number of aromatic nitrogens is 2. The van der Waals surface area contributed by atoms with Crippen LogP contribution >= 0.6 is 0 Å². The highest BCUT2D eigenvalue weighted by molar-refractivity contribution is 6.03. The van der Waals surface area contributed by atoms with E-state index in [1.54, 1.807) is 0 Å². The second-order valence-electron chi connectivity index (χ2n) is 3.65. The fourth-order valence-electron chi connectivity index (χ4n) is 1.44. The van der Waals surface area contributed by atoms with Crippen molar-refractivity contribution in [1.29, 1.82) is 0 Å². The van der Waals surface area contributed by atoms with Crippen LogP contribution in [0.4, 0.5) is 5.69 Å². The first-order valence-corrected chi connectivity index (χ1v) is 5.12. The summed E-state index contributed by atoms with van der Waals surface area (Å²) >= 11 is 0. The van der Waals surface area contributed by atoms with Crippen molar-refractivity contribution >= 4 is 17.6 Å². The summed E-state index contributed by atoms with van der Waals surface area (Å²) in [5, 5.41) is 20.5. The van der Waals surface area contributed by atoms with Gasteiger partial charge in [0.15, 0.2) is 0 Å². The number of aromatic amines is 2. The molecule has 0 fully saturated rings. The summed E-state index contributed by atoms with van der Waals surface area (Å²) in [6, 6.07) is 3.60. The highest BCUT2D eigenvalue weighted by Crippen LogP contribution is 2.21. The number of rotatable bonds is 3. The average molecular weight is 263 g/mol. The Hall–Kier alpha value is -3.03. The zero-order chi connectivity index (χ0) is 14.0. The molecule has 0 radical (unpaired) electrons. The molecule has 8 nitrogen and oxygen atoms in total. The average Bonchev–Trinajstić information content (AvgIpc) is 2.78. The molecule has 19 heavy (non-hydrogen) atoms. The molecule has 1 amide bonds. The fourth-order valence-corrected chi connectivity index (χ4v) is 1.44. The second-order valence-corrected chi connectivity index (χ2v) is 3.65. The Labute approximate surface area is 105 Å². The van der Waals surface area contributed by atoms with Gasteiger partial charge in [-0.25, -0.2) is 9.59 Å². The van der Waals surface area contributed by atoms with Crippen molar-refractivity contribution in [2.24, 2.45) is 0 Å². The molecule has 0 aliphatic carbocycles. The van der Waals surface area contributed by atoms with Gasteiger partial charge in [0.1, 0.15) is 17.0 Å². The van der Waals surface area contributed by atoms with Crippen molar-refractivity contribution in [2.45, 2.75) is 0 Å².